The molecule has 0 aliphatic heterocycles. The van der Waals surface area contributed by atoms with Gasteiger partial charge in [-0.3, -0.25) is 9.89 Å². The number of nitrogens with one attached hydrogen (secondary N) is 1. The Labute approximate surface area is 114 Å². The minimum atomic E-state index is -0.0107. The average molecular weight is 265 g/mol. The molecule has 1 aliphatic carbocycles. The molecule has 1 amide bonds. The van der Waals surface area contributed by atoms with E-state index >= 15 is 0 Å². The molecule has 1 saturated carbocycles. The van der Waals surface area contributed by atoms with Crippen molar-refractivity contribution in [2.45, 2.75) is 45.1 Å². The van der Waals surface area contributed by atoms with E-state index in [2.05, 4.69) is 10.2 Å². The molecule has 106 valence electrons. The van der Waals surface area contributed by atoms with Crippen LogP contribution < -0.4 is 0 Å². The van der Waals surface area contributed by atoms with Crippen molar-refractivity contribution < 1.29 is 9.90 Å². The van der Waals surface area contributed by atoms with E-state index in [-0.39, 0.29) is 18.6 Å². The number of hydrogen-bond acceptors (Lipinski definition) is 3. The highest BCUT2D eigenvalue weighted by molar-refractivity contribution is 5.92. The summed E-state index contributed by atoms with van der Waals surface area (Å²) in [6, 6.07) is 2.11. The van der Waals surface area contributed by atoms with Crippen LogP contribution in [-0.2, 0) is 6.42 Å². The molecule has 0 unspecified atom stereocenters. The molecule has 19 heavy (non-hydrogen) atoms. The van der Waals surface area contributed by atoms with Crippen molar-refractivity contribution in [2.24, 2.45) is 5.92 Å². The highest BCUT2D eigenvalue weighted by Crippen LogP contribution is 2.27. The van der Waals surface area contributed by atoms with Crippen LogP contribution in [0.2, 0.25) is 0 Å². The number of aromatic amines is 1. The van der Waals surface area contributed by atoms with E-state index in [1.54, 1.807) is 0 Å². The normalized spacial score (nSPS) is 23.3. The number of aromatic nitrogens is 2. The van der Waals surface area contributed by atoms with Gasteiger partial charge in [0.25, 0.3) is 5.91 Å². The maximum absolute atomic E-state index is 12.3. The summed E-state index contributed by atoms with van der Waals surface area (Å²) in [6.45, 7) is 2.30. The van der Waals surface area contributed by atoms with E-state index in [9.17, 15) is 4.79 Å². The molecule has 1 fully saturated rings. The summed E-state index contributed by atoms with van der Waals surface area (Å²) in [5, 5.41) is 16.1. The zero-order chi connectivity index (χ0) is 13.8. The van der Waals surface area contributed by atoms with Crippen molar-refractivity contribution in [2.75, 3.05) is 13.7 Å². The number of hydrogen-bond donors (Lipinski definition) is 2. The number of amides is 1. The predicted molar refractivity (Wildman–Crippen MR) is 72.9 cm³/mol. The third kappa shape index (κ3) is 3.15. The van der Waals surface area contributed by atoms with Crippen molar-refractivity contribution in [3.63, 3.8) is 0 Å². The molecule has 1 heterocycles. The Morgan fingerprint density at radius 3 is 2.68 bits per heavy atom. The molecular formula is C14H23N3O2. The van der Waals surface area contributed by atoms with Gasteiger partial charge in [-0.15, -0.1) is 0 Å². The van der Waals surface area contributed by atoms with Gasteiger partial charge < -0.3 is 10.0 Å². The van der Waals surface area contributed by atoms with Crippen LogP contribution in [0, 0.1) is 5.92 Å². The second-order valence-corrected chi connectivity index (χ2v) is 5.41. The van der Waals surface area contributed by atoms with Gasteiger partial charge in [-0.05, 0) is 44.1 Å². The fourth-order valence-electron chi connectivity index (χ4n) is 2.71. The lowest BCUT2D eigenvalue weighted by atomic mass is 9.86. The third-order valence-corrected chi connectivity index (χ3v) is 4.17. The molecule has 1 aromatic heterocycles. The Bertz CT molecular complexity index is 422. The fourth-order valence-corrected chi connectivity index (χ4v) is 2.71. The number of aliphatic hydroxyl groups excluding tert-OH is 1. The van der Waals surface area contributed by atoms with Gasteiger partial charge in [-0.25, -0.2) is 0 Å². The van der Waals surface area contributed by atoms with Crippen LogP contribution in [-0.4, -0.2) is 45.8 Å². The smallest absolute Gasteiger partial charge is 0.274 e. The third-order valence-electron chi connectivity index (χ3n) is 4.17. The molecule has 0 radical (unpaired) electrons. The molecule has 0 atom stereocenters. The number of H-pyrrole nitrogens is 1. The maximum Gasteiger partial charge on any atom is 0.274 e. The lowest BCUT2D eigenvalue weighted by molar-refractivity contribution is 0.0647. The van der Waals surface area contributed by atoms with Crippen molar-refractivity contribution >= 4 is 5.91 Å². The summed E-state index contributed by atoms with van der Waals surface area (Å²) >= 11 is 0. The van der Waals surface area contributed by atoms with Gasteiger partial charge in [0, 0.05) is 25.4 Å². The molecule has 2 N–H and O–H groups in total. The Balaban J connectivity index is 1.95. The number of carbonyl (C=O) groups is 1. The minimum Gasteiger partial charge on any atom is -0.396 e. The zero-order valence-corrected chi connectivity index (χ0v) is 11.7. The number of carbonyl (C=O) groups excluding carboxylic acids is 1. The summed E-state index contributed by atoms with van der Waals surface area (Å²) in [6.07, 6.45) is 4.79. The van der Waals surface area contributed by atoms with E-state index in [1.807, 2.05) is 24.9 Å². The van der Waals surface area contributed by atoms with Crippen molar-refractivity contribution in [1.29, 1.82) is 0 Å². The van der Waals surface area contributed by atoms with E-state index in [0.29, 0.717) is 11.6 Å². The highest BCUT2D eigenvalue weighted by atomic mass is 16.3. The van der Waals surface area contributed by atoms with E-state index in [1.165, 1.54) is 0 Å². The average Bonchev–Trinajstić information content (AvgIpc) is 2.94. The van der Waals surface area contributed by atoms with Gasteiger partial charge in [0.1, 0.15) is 5.69 Å². The van der Waals surface area contributed by atoms with Crippen molar-refractivity contribution in [1.82, 2.24) is 15.1 Å². The molecule has 5 nitrogen and oxygen atoms in total. The van der Waals surface area contributed by atoms with Gasteiger partial charge in [-0.1, -0.05) is 6.92 Å². The van der Waals surface area contributed by atoms with Crippen LogP contribution >= 0.6 is 0 Å². The van der Waals surface area contributed by atoms with Crippen LogP contribution in [0.4, 0.5) is 0 Å². The Hall–Kier alpha value is -1.36. The first kappa shape index (κ1) is 14.1. The largest absolute Gasteiger partial charge is 0.396 e. The number of nitrogens with zero attached hydrogens (tertiary/aromatic N) is 2. The first-order valence-electron chi connectivity index (χ1n) is 7.08. The standard InChI is InChI=1S/C14H23N3O2/c1-3-11-8-13(16-15-11)14(19)17(2)12-6-4-10(9-18)5-7-12/h8,10,12,18H,3-7,9H2,1-2H3,(H,15,16). The Morgan fingerprint density at radius 2 is 2.16 bits per heavy atom. The van der Waals surface area contributed by atoms with Gasteiger partial charge in [0.2, 0.25) is 0 Å². The predicted octanol–water partition coefficient (Wildman–Crippen LogP) is 1.60. The number of aryl methyl sites for hydroxylation is 1. The van der Waals surface area contributed by atoms with Crippen molar-refractivity contribution in [3.05, 3.63) is 17.5 Å². The van der Waals surface area contributed by atoms with Gasteiger partial charge in [-0.2, -0.15) is 5.10 Å². The van der Waals surface area contributed by atoms with Gasteiger partial charge in [0.15, 0.2) is 0 Å². The highest BCUT2D eigenvalue weighted by Gasteiger charge is 2.27. The van der Waals surface area contributed by atoms with Crippen LogP contribution in [0.25, 0.3) is 0 Å². The molecule has 1 aliphatic rings. The topological polar surface area (TPSA) is 69.2 Å². The summed E-state index contributed by atoms with van der Waals surface area (Å²) in [4.78, 5) is 14.1. The quantitative estimate of drug-likeness (QED) is 0.868. The molecular weight excluding hydrogens is 242 g/mol. The lowest BCUT2D eigenvalue weighted by Crippen LogP contribution is -2.40. The first-order chi connectivity index (χ1) is 9.15. The SMILES string of the molecule is CCc1cc(C(=O)N(C)C2CCC(CO)CC2)n[nH]1. The molecule has 0 aromatic carbocycles. The Morgan fingerprint density at radius 1 is 1.47 bits per heavy atom. The van der Waals surface area contributed by atoms with E-state index in [0.717, 1.165) is 37.8 Å². The van der Waals surface area contributed by atoms with Crippen LogP contribution in [0.1, 0.15) is 48.8 Å². The second kappa shape index (κ2) is 6.19. The zero-order valence-electron chi connectivity index (χ0n) is 11.7. The number of aliphatic hydroxyl groups is 1. The first-order valence-corrected chi connectivity index (χ1v) is 7.08. The molecule has 0 saturated heterocycles. The lowest BCUT2D eigenvalue weighted by Gasteiger charge is -2.33. The van der Waals surface area contributed by atoms with Crippen LogP contribution in [0.3, 0.4) is 0 Å². The van der Waals surface area contributed by atoms with Crippen LogP contribution in [0.15, 0.2) is 6.07 Å². The fraction of sp³-hybridized carbons (Fsp3) is 0.714. The summed E-state index contributed by atoms with van der Waals surface area (Å²) in [5.41, 5.74) is 1.49. The second-order valence-electron chi connectivity index (χ2n) is 5.41. The maximum atomic E-state index is 12.3. The summed E-state index contributed by atoms with van der Waals surface area (Å²) in [7, 11) is 1.85. The molecule has 2 rings (SSSR count). The molecule has 0 bridgehead atoms. The summed E-state index contributed by atoms with van der Waals surface area (Å²) in [5.74, 6) is 0.403. The monoisotopic (exact) mass is 265 g/mol. The molecule has 0 spiro atoms. The van der Waals surface area contributed by atoms with E-state index in [4.69, 9.17) is 5.11 Å². The molecule has 1 aromatic rings. The van der Waals surface area contributed by atoms with Gasteiger partial charge in [0.05, 0.1) is 0 Å². The van der Waals surface area contributed by atoms with Gasteiger partial charge >= 0.3 is 0 Å². The minimum absolute atomic E-state index is 0.0107. The van der Waals surface area contributed by atoms with Crippen molar-refractivity contribution in [3.8, 4) is 0 Å². The number of rotatable bonds is 4. The van der Waals surface area contributed by atoms with Crippen LogP contribution in [0.5, 0.6) is 0 Å². The molecule has 5 heteroatoms. The Kier molecular flexibility index (Phi) is 4.58. The van der Waals surface area contributed by atoms with E-state index < -0.39 is 0 Å². The summed E-state index contributed by atoms with van der Waals surface area (Å²) < 4.78 is 0.